The molecule has 106 valence electrons. The lowest BCUT2D eigenvalue weighted by atomic mass is 10.2. The summed E-state index contributed by atoms with van der Waals surface area (Å²) in [4.78, 5) is 0. The minimum Gasteiger partial charge on any atom is -0.508 e. The van der Waals surface area contributed by atoms with Crippen molar-refractivity contribution in [2.24, 2.45) is 0 Å². The smallest absolute Gasteiger partial charge is 0.429 e. The molecule has 0 spiro atoms. The quantitative estimate of drug-likeness (QED) is 0.860. The van der Waals surface area contributed by atoms with Gasteiger partial charge >= 0.3 is 6.11 Å². The standard InChI is InChI=1S/C14H10F4O2/c1-8-4-9(15)6-11(5-8)20-14(17,18)12-3-2-10(19)7-13(12)16/h2-7,19H,1H3. The molecule has 2 rings (SSSR count). The van der Waals surface area contributed by atoms with Crippen molar-refractivity contribution in [2.75, 3.05) is 0 Å². The number of phenolic OH excluding ortho intramolecular Hbond substituents is 1. The molecule has 0 fully saturated rings. The molecule has 0 aliphatic carbocycles. The van der Waals surface area contributed by atoms with E-state index in [9.17, 15) is 17.6 Å². The summed E-state index contributed by atoms with van der Waals surface area (Å²) in [6, 6.07) is 5.29. The lowest BCUT2D eigenvalue weighted by Crippen LogP contribution is -2.23. The molecule has 0 radical (unpaired) electrons. The molecule has 0 amide bonds. The molecule has 2 aromatic carbocycles. The summed E-state index contributed by atoms with van der Waals surface area (Å²) in [6.45, 7) is 1.51. The molecule has 0 saturated carbocycles. The summed E-state index contributed by atoms with van der Waals surface area (Å²) in [5, 5.41) is 8.99. The maximum absolute atomic E-state index is 13.8. The average molecular weight is 286 g/mol. The predicted octanol–water partition coefficient (Wildman–Crippen LogP) is 4.11. The molecule has 0 aliphatic rings. The highest BCUT2D eigenvalue weighted by molar-refractivity contribution is 5.32. The normalized spacial score (nSPS) is 11.4. The van der Waals surface area contributed by atoms with E-state index in [0.717, 1.165) is 18.2 Å². The molecule has 0 aliphatic heterocycles. The van der Waals surface area contributed by atoms with Gasteiger partial charge in [-0.2, -0.15) is 8.78 Å². The predicted molar refractivity (Wildman–Crippen MR) is 63.7 cm³/mol. The van der Waals surface area contributed by atoms with Crippen LogP contribution in [0, 0.1) is 18.6 Å². The van der Waals surface area contributed by atoms with E-state index < -0.39 is 34.8 Å². The molecule has 0 bridgehead atoms. The van der Waals surface area contributed by atoms with Crippen molar-refractivity contribution in [3.8, 4) is 11.5 Å². The van der Waals surface area contributed by atoms with Gasteiger partial charge in [0.25, 0.3) is 0 Å². The zero-order valence-electron chi connectivity index (χ0n) is 10.3. The zero-order valence-corrected chi connectivity index (χ0v) is 10.3. The van der Waals surface area contributed by atoms with Crippen LogP contribution in [0.4, 0.5) is 17.6 Å². The van der Waals surface area contributed by atoms with Crippen molar-refractivity contribution < 1.29 is 27.4 Å². The number of aromatic hydroxyl groups is 1. The molecule has 0 saturated heterocycles. The lowest BCUT2D eigenvalue weighted by Gasteiger charge is -2.19. The van der Waals surface area contributed by atoms with E-state index in [4.69, 9.17) is 5.11 Å². The number of ether oxygens (including phenoxy) is 1. The average Bonchev–Trinajstić information content (AvgIpc) is 2.25. The van der Waals surface area contributed by atoms with E-state index in [-0.39, 0.29) is 0 Å². The molecular weight excluding hydrogens is 276 g/mol. The number of hydrogen-bond donors (Lipinski definition) is 1. The summed E-state index contributed by atoms with van der Waals surface area (Å²) < 4.78 is 58.6. The Morgan fingerprint density at radius 2 is 1.75 bits per heavy atom. The van der Waals surface area contributed by atoms with Crippen molar-refractivity contribution in [1.29, 1.82) is 0 Å². The van der Waals surface area contributed by atoms with E-state index in [2.05, 4.69) is 4.74 Å². The summed E-state index contributed by atoms with van der Waals surface area (Å²) in [5.41, 5.74) is -0.654. The lowest BCUT2D eigenvalue weighted by molar-refractivity contribution is -0.187. The van der Waals surface area contributed by atoms with Crippen molar-refractivity contribution >= 4 is 0 Å². The van der Waals surface area contributed by atoms with E-state index >= 15 is 0 Å². The molecule has 2 nitrogen and oxygen atoms in total. The fourth-order valence-electron chi connectivity index (χ4n) is 1.70. The maximum atomic E-state index is 13.8. The molecule has 0 atom stereocenters. The van der Waals surface area contributed by atoms with E-state index in [1.165, 1.54) is 13.0 Å². The second kappa shape index (κ2) is 5.03. The molecule has 20 heavy (non-hydrogen) atoms. The van der Waals surface area contributed by atoms with Crippen molar-refractivity contribution in [2.45, 2.75) is 13.0 Å². The van der Waals surface area contributed by atoms with Crippen LogP contribution >= 0.6 is 0 Å². The van der Waals surface area contributed by atoms with Gasteiger partial charge in [0.15, 0.2) is 0 Å². The number of halogens is 4. The fourth-order valence-corrected chi connectivity index (χ4v) is 1.70. The van der Waals surface area contributed by atoms with E-state index in [1.807, 2.05) is 0 Å². The number of phenols is 1. The van der Waals surface area contributed by atoms with E-state index in [0.29, 0.717) is 17.7 Å². The van der Waals surface area contributed by atoms with Gasteiger partial charge in [0.1, 0.15) is 28.7 Å². The van der Waals surface area contributed by atoms with Gasteiger partial charge in [-0.15, -0.1) is 0 Å². The summed E-state index contributed by atoms with van der Waals surface area (Å²) in [6.07, 6.45) is -3.99. The van der Waals surface area contributed by atoms with Crippen LogP contribution in [0.5, 0.6) is 11.5 Å². The number of rotatable bonds is 3. The van der Waals surface area contributed by atoms with Gasteiger partial charge < -0.3 is 9.84 Å². The van der Waals surface area contributed by atoms with Gasteiger partial charge in [-0.25, -0.2) is 8.78 Å². The topological polar surface area (TPSA) is 29.5 Å². The molecule has 0 aromatic heterocycles. The van der Waals surface area contributed by atoms with Crippen LogP contribution in [0.1, 0.15) is 11.1 Å². The highest BCUT2D eigenvalue weighted by Crippen LogP contribution is 2.34. The molecule has 0 heterocycles. The summed E-state index contributed by atoms with van der Waals surface area (Å²) in [5.74, 6) is -2.95. The van der Waals surface area contributed by atoms with Gasteiger partial charge in [-0.1, -0.05) is 0 Å². The van der Waals surface area contributed by atoms with Crippen molar-refractivity contribution in [3.05, 3.63) is 59.2 Å². The SMILES string of the molecule is Cc1cc(F)cc(OC(F)(F)c2ccc(O)cc2F)c1. The number of hydrogen-bond acceptors (Lipinski definition) is 2. The third-order valence-corrected chi connectivity index (χ3v) is 2.53. The van der Waals surface area contributed by atoms with Gasteiger partial charge in [0.05, 0.1) is 0 Å². The van der Waals surface area contributed by atoms with Gasteiger partial charge in [0, 0.05) is 12.1 Å². The Morgan fingerprint density at radius 3 is 2.35 bits per heavy atom. The molecule has 1 N–H and O–H groups in total. The maximum Gasteiger partial charge on any atom is 0.429 e. The van der Waals surface area contributed by atoms with Crippen LogP contribution in [-0.4, -0.2) is 5.11 Å². The molecule has 0 unspecified atom stereocenters. The molecule has 6 heteroatoms. The van der Waals surface area contributed by atoms with E-state index in [1.54, 1.807) is 0 Å². The highest BCUT2D eigenvalue weighted by Gasteiger charge is 2.37. The van der Waals surface area contributed by atoms with Crippen LogP contribution in [0.3, 0.4) is 0 Å². The second-order valence-electron chi connectivity index (χ2n) is 4.25. The number of benzene rings is 2. The minimum atomic E-state index is -3.99. The largest absolute Gasteiger partial charge is 0.508 e. The summed E-state index contributed by atoms with van der Waals surface area (Å²) >= 11 is 0. The Hall–Kier alpha value is -2.24. The van der Waals surface area contributed by atoms with Crippen molar-refractivity contribution in [3.63, 3.8) is 0 Å². The third kappa shape index (κ3) is 3.01. The van der Waals surface area contributed by atoms with Crippen LogP contribution in [0.15, 0.2) is 36.4 Å². The zero-order chi connectivity index (χ0) is 14.9. The monoisotopic (exact) mass is 286 g/mol. The first-order valence-electron chi connectivity index (χ1n) is 5.61. The Kier molecular flexibility index (Phi) is 3.57. The first-order valence-corrected chi connectivity index (χ1v) is 5.61. The first kappa shape index (κ1) is 14.2. The highest BCUT2D eigenvalue weighted by atomic mass is 19.3. The van der Waals surface area contributed by atoms with Gasteiger partial charge in [-0.3, -0.25) is 0 Å². The first-order chi connectivity index (χ1) is 9.28. The fraction of sp³-hybridized carbons (Fsp3) is 0.143. The second-order valence-corrected chi connectivity index (χ2v) is 4.25. The number of alkyl halides is 2. The Morgan fingerprint density at radius 1 is 1.05 bits per heavy atom. The molecule has 2 aromatic rings. The Labute approximate surface area is 112 Å². The van der Waals surface area contributed by atoms with Crippen LogP contribution in [0.2, 0.25) is 0 Å². The van der Waals surface area contributed by atoms with Crippen molar-refractivity contribution in [1.82, 2.24) is 0 Å². The van der Waals surface area contributed by atoms with Gasteiger partial charge in [-0.05, 0) is 36.8 Å². The van der Waals surface area contributed by atoms with Crippen LogP contribution in [0.25, 0.3) is 0 Å². The summed E-state index contributed by atoms with van der Waals surface area (Å²) in [7, 11) is 0. The Balaban J connectivity index is 2.34. The van der Waals surface area contributed by atoms with Crippen LogP contribution < -0.4 is 4.74 Å². The Bertz CT molecular complexity index is 621. The van der Waals surface area contributed by atoms with Crippen LogP contribution in [-0.2, 0) is 6.11 Å². The number of aryl methyl sites for hydroxylation is 1. The third-order valence-electron chi connectivity index (χ3n) is 2.53. The molecular formula is C14H10F4O2. The minimum absolute atomic E-state index is 0.391. The van der Waals surface area contributed by atoms with Gasteiger partial charge in [0.2, 0.25) is 0 Å².